The van der Waals surface area contributed by atoms with Gasteiger partial charge in [-0.2, -0.15) is 13.2 Å². The van der Waals surface area contributed by atoms with E-state index in [0.29, 0.717) is 12.8 Å². The van der Waals surface area contributed by atoms with Gasteiger partial charge in [-0.15, -0.1) is 0 Å². The summed E-state index contributed by atoms with van der Waals surface area (Å²) in [4.78, 5) is 22.8. The number of carbonyl (C=O) groups is 1. The van der Waals surface area contributed by atoms with Crippen LogP contribution in [0.2, 0.25) is 0 Å². The topological polar surface area (TPSA) is 68.5 Å². The third kappa shape index (κ3) is 2.57. The van der Waals surface area contributed by atoms with E-state index in [-0.39, 0.29) is 6.07 Å². The van der Waals surface area contributed by atoms with Gasteiger partial charge in [-0.05, 0) is 18.9 Å². The molecule has 0 atom stereocenters. The summed E-state index contributed by atoms with van der Waals surface area (Å²) in [6, 6.07) is -0.595. The number of nitrogens with zero attached hydrogens (tertiary/aromatic N) is 1. The third-order valence-electron chi connectivity index (χ3n) is 3.60. The standard InChI is InChI=1S/C14H8F5NO4/c15-7-3-6(14(17,18)19)9-11(10(7)16)20(5-1-2-5)4-8(12(9)21)24-13(22)23/h3-5H,1-2H2,(H,22,23). The summed E-state index contributed by atoms with van der Waals surface area (Å²) in [6.07, 6.45) is -5.34. The van der Waals surface area contributed by atoms with Crippen molar-refractivity contribution in [3.05, 3.63) is 39.7 Å². The molecule has 0 bridgehead atoms. The molecule has 1 aromatic carbocycles. The molecule has 0 radical (unpaired) electrons. The highest BCUT2D eigenvalue weighted by Crippen LogP contribution is 2.41. The van der Waals surface area contributed by atoms with Gasteiger partial charge in [-0.3, -0.25) is 4.79 Å². The highest BCUT2D eigenvalue weighted by molar-refractivity contribution is 5.86. The molecule has 3 rings (SSSR count). The van der Waals surface area contributed by atoms with Gasteiger partial charge in [0.15, 0.2) is 17.4 Å². The number of pyridine rings is 1. The van der Waals surface area contributed by atoms with Gasteiger partial charge in [0.05, 0.1) is 22.7 Å². The average molecular weight is 349 g/mol. The van der Waals surface area contributed by atoms with Crippen molar-refractivity contribution in [2.75, 3.05) is 0 Å². The summed E-state index contributed by atoms with van der Waals surface area (Å²) in [5, 5.41) is 7.45. The van der Waals surface area contributed by atoms with Crippen LogP contribution in [0.4, 0.5) is 26.7 Å². The van der Waals surface area contributed by atoms with Gasteiger partial charge in [-0.1, -0.05) is 0 Å². The van der Waals surface area contributed by atoms with Crippen LogP contribution in [-0.2, 0) is 6.18 Å². The van der Waals surface area contributed by atoms with E-state index >= 15 is 0 Å². The molecular weight excluding hydrogens is 341 g/mol. The van der Waals surface area contributed by atoms with Crippen LogP contribution < -0.4 is 10.2 Å². The van der Waals surface area contributed by atoms with Crippen LogP contribution in [0.5, 0.6) is 5.75 Å². The summed E-state index contributed by atoms with van der Waals surface area (Å²) in [6.45, 7) is 0. The molecule has 1 N–H and O–H groups in total. The summed E-state index contributed by atoms with van der Waals surface area (Å²) in [7, 11) is 0. The third-order valence-corrected chi connectivity index (χ3v) is 3.60. The monoisotopic (exact) mass is 349 g/mol. The summed E-state index contributed by atoms with van der Waals surface area (Å²) in [5.41, 5.74) is -4.02. The van der Waals surface area contributed by atoms with E-state index in [4.69, 9.17) is 5.11 Å². The van der Waals surface area contributed by atoms with Gasteiger partial charge >= 0.3 is 12.3 Å². The van der Waals surface area contributed by atoms with Crippen molar-refractivity contribution >= 4 is 17.1 Å². The van der Waals surface area contributed by atoms with Gasteiger partial charge < -0.3 is 14.4 Å². The van der Waals surface area contributed by atoms with Gasteiger partial charge in [0.25, 0.3) is 0 Å². The van der Waals surface area contributed by atoms with E-state index in [1.165, 1.54) is 0 Å². The number of rotatable bonds is 2. The van der Waals surface area contributed by atoms with Crippen molar-refractivity contribution < 1.29 is 36.6 Å². The van der Waals surface area contributed by atoms with Crippen LogP contribution in [0.3, 0.4) is 0 Å². The largest absolute Gasteiger partial charge is 0.511 e. The van der Waals surface area contributed by atoms with Gasteiger partial charge in [-0.25, -0.2) is 13.6 Å². The second-order valence-electron chi connectivity index (χ2n) is 5.27. The van der Waals surface area contributed by atoms with Crippen LogP contribution in [-0.4, -0.2) is 15.8 Å². The number of aromatic nitrogens is 1. The smallest absolute Gasteiger partial charge is 0.449 e. The molecule has 2 aromatic rings. The lowest BCUT2D eigenvalue weighted by Crippen LogP contribution is -2.21. The molecular formula is C14H8F5NO4. The fraction of sp³-hybridized carbons (Fsp3) is 0.286. The van der Waals surface area contributed by atoms with Gasteiger partial charge in [0.2, 0.25) is 5.43 Å². The molecule has 0 saturated heterocycles. The molecule has 128 valence electrons. The van der Waals surface area contributed by atoms with E-state index in [1.807, 2.05) is 0 Å². The Kier molecular flexibility index (Phi) is 3.50. The first-order valence-electron chi connectivity index (χ1n) is 6.66. The molecule has 1 aromatic heterocycles. The highest BCUT2D eigenvalue weighted by Gasteiger charge is 2.38. The lowest BCUT2D eigenvalue weighted by Gasteiger charge is -2.17. The Balaban J connectivity index is 2.50. The predicted molar refractivity (Wildman–Crippen MR) is 70.0 cm³/mol. The Labute approximate surface area is 129 Å². The summed E-state index contributed by atoms with van der Waals surface area (Å²) in [5.74, 6) is -4.27. The first-order valence-corrected chi connectivity index (χ1v) is 6.66. The number of halogens is 5. The van der Waals surface area contributed by atoms with Crippen molar-refractivity contribution in [1.29, 1.82) is 0 Å². The molecule has 1 saturated carbocycles. The molecule has 1 aliphatic carbocycles. The van der Waals surface area contributed by atoms with E-state index in [1.54, 1.807) is 0 Å². The minimum absolute atomic E-state index is 0.124. The Morgan fingerprint density at radius 2 is 1.92 bits per heavy atom. The summed E-state index contributed by atoms with van der Waals surface area (Å²) >= 11 is 0. The van der Waals surface area contributed by atoms with Crippen LogP contribution in [0.25, 0.3) is 10.9 Å². The maximum atomic E-state index is 14.1. The Bertz CT molecular complexity index is 914. The molecule has 5 nitrogen and oxygen atoms in total. The quantitative estimate of drug-likeness (QED) is 0.663. The normalized spacial score (nSPS) is 14.9. The maximum absolute atomic E-state index is 14.1. The lowest BCUT2D eigenvalue weighted by molar-refractivity contribution is -0.136. The van der Waals surface area contributed by atoms with Crippen molar-refractivity contribution in [2.24, 2.45) is 0 Å². The van der Waals surface area contributed by atoms with Gasteiger partial charge in [0.1, 0.15) is 0 Å². The van der Waals surface area contributed by atoms with Crippen LogP contribution in [0.1, 0.15) is 24.4 Å². The van der Waals surface area contributed by atoms with E-state index in [9.17, 15) is 31.5 Å². The number of carboxylic acid groups (broad SMARTS) is 1. The number of ether oxygens (including phenoxy) is 1. The Hall–Kier alpha value is -2.65. The number of benzene rings is 1. The fourth-order valence-corrected chi connectivity index (χ4v) is 2.49. The molecule has 0 spiro atoms. The molecule has 0 aliphatic heterocycles. The first-order chi connectivity index (χ1) is 11.1. The second kappa shape index (κ2) is 5.18. The van der Waals surface area contributed by atoms with E-state index in [2.05, 4.69) is 4.74 Å². The Morgan fingerprint density at radius 3 is 2.42 bits per heavy atom. The molecule has 24 heavy (non-hydrogen) atoms. The van der Waals surface area contributed by atoms with Gasteiger partial charge in [0, 0.05) is 6.04 Å². The molecule has 1 heterocycles. The van der Waals surface area contributed by atoms with Crippen molar-refractivity contribution in [3.8, 4) is 5.75 Å². The predicted octanol–water partition coefficient (Wildman–Crippen LogP) is 3.69. The zero-order valence-corrected chi connectivity index (χ0v) is 11.7. The minimum Gasteiger partial charge on any atom is -0.449 e. The number of fused-ring (bicyclic) bond motifs is 1. The molecule has 10 heteroatoms. The van der Waals surface area contributed by atoms with Crippen molar-refractivity contribution in [2.45, 2.75) is 25.1 Å². The Morgan fingerprint density at radius 1 is 1.29 bits per heavy atom. The fourth-order valence-electron chi connectivity index (χ4n) is 2.49. The van der Waals surface area contributed by atoms with E-state index in [0.717, 1.165) is 10.8 Å². The van der Waals surface area contributed by atoms with Crippen molar-refractivity contribution in [3.63, 3.8) is 0 Å². The molecule has 1 fully saturated rings. The van der Waals surface area contributed by atoms with Crippen LogP contribution >= 0.6 is 0 Å². The number of hydrogen-bond acceptors (Lipinski definition) is 3. The molecule has 1 aliphatic rings. The van der Waals surface area contributed by atoms with Crippen LogP contribution in [0, 0.1) is 11.6 Å². The minimum atomic E-state index is -5.14. The second-order valence-corrected chi connectivity index (χ2v) is 5.27. The first kappa shape index (κ1) is 16.2. The average Bonchev–Trinajstić information content (AvgIpc) is 3.28. The highest BCUT2D eigenvalue weighted by atomic mass is 19.4. The molecule has 0 unspecified atom stereocenters. The zero-order valence-electron chi connectivity index (χ0n) is 11.7. The maximum Gasteiger partial charge on any atom is 0.511 e. The molecule has 0 amide bonds. The number of hydrogen-bond donors (Lipinski definition) is 1. The number of alkyl halides is 3. The van der Waals surface area contributed by atoms with E-state index < -0.39 is 57.7 Å². The zero-order chi connectivity index (χ0) is 17.8. The summed E-state index contributed by atoms with van der Waals surface area (Å²) < 4.78 is 72.4. The SMILES string of the molecule is O=C(O)Oc1cn(C2CC2)c2c(F)c(F)cc(C(F)(F)F)c2c1=O. The van der Waals surface area contributed by atoms with Crippen LogP contribution in [0.15, 0.2) is 17.1 Å². The van der Waals surface area contributed by atoms with Crippen molar-refractivity contribution in [1.82, 2.24) is 4.57 Å². The lowest BCUT2D eigenvalue weighted by atomic mass is 10.1.